The smallest absolute Gasteiger partial charge is 0.216 e. The van der Waals surface area contributed by atoms with Crippen molar-refractivity contribution in [1.29, 1.82) is 0 Å². The highest BCUT2D eigenvalue weighted by molar-refractivity contribution is 5.74. The van der Waals surface area contributed by atoms with Crippen molar-refractivity contribution in [1.82, 2.24) is 31.2 Å². The van der Waals surface area contributed by atoms with Crippen molar-refractivity contribution < 1.29 is 19.1 Å². The van der Waals surface area contributed by atoms with Gasteiger partial charge in [-0.25, -0.2) is 0 Å². The van der Waals surface area contributed by atoms with Crippen LogP contribution in [0.25, 0.3) is 11.1 Å². The molecule has 0 aliphatic carbocycles. The van der Waals surface area contributed by atoms with Crippen LogP contribution >= 0.6 is 0 Å². The molecule has 0 bridgehead atoms. The molecule has 0 atom stereocenters. The van der Waals surface area contributed by atoms with Crippen molar-refractivity contribution in [3.63, 3.8) is 0 Å². The van der Waals surface area contributed by atoms with Gasteiger partial charge in [-0.05, 0) is 72.0 Å². The first-order valence-corrected chi connectivity index (χ1v) is 15.0. The molecule has 234 valence electrons. The van der Waals surface area contributed by atoms with E-state index in [1.165, 1.54) is 19.4 Å². The van der Waals surface area contributed by atoms with Gasteiger partial charge in [-0.3, -0.25) is 9.59 Å². The second-order valence-electron chi connectivity index (χ2n) is 10.8. The Balaban J connectivity index is 1.31. The number of rotatable bonds is 17. The minimum absolute atomic E-state index is 0.0218. The van der Waals surface area contributed by atoms with Crippen LogP contribution in [0.5, 0.6) is 11.6 Å². The largest absolute Gasteiger partial charge is 0.487 e. The van der Waals surface area contributed by atoms with Gasteiger partial charge in [0.2, 0.25) is 11.8 Å². The summed E-state index contributed by atoms with van der Waals surface area (Å²) in [4.78, 5) is 28.7. The molecule has 0 saturated heterocycles. The monoisotopic (exact) mass is 600 g/mol. The van der Waals surface area contributed by atoms with Crippen molar-refractivity contribution in [3.8, 4) is 22.8 Å². The average molecular weight is 601 g/mol. The third-order valence-electron chi connectivity index (χ3n) is 7.30. The molecule has 0 aliphatic rings. The fraction of sp³-hybridized carbons (Fsp3) is 0.353. The lowest BCUT2D eigenvalue weighted by molar-refractivity contribution is -0.119. The zero-order valence-electron chi connectivity index (χ0n) is 26.1. The van der Waals surface area contributed by atoms with Gasteiger partial charge in [0.15, 0.2) is 5.88 Å². The van der Waals surface area contributed by atoms with Gasteiger partial charge in [-0.15, -0.1) is 0 Å². The van der Waals surface area contributed by atoms with Crippen LogP contribution < -0.4 is 30.7 Å². The zero-order chi connectivity index (χ0) is 31.3. The fourth-order valence-electron chi connectivity index (χ4n) is 4.89. The molecular weight excluding hydrogens is 556 g/mol. The van der Waals surface area contributed by atoms with Gasteiger partial charge < -0.3 is 40.7 Å². The summed E-state index contributed by atoms with van der Waals surface area (Å²) in [6, 6.07) is 20.5. The van der Waals surface area contributed by atoms with Crippen LogP contribution in [0.4, 0.5) is 0 Å². The second kappa shape index (κ2) is 16.3. The second-order valence-corrected chi connectivity index (χ2v) is 10.8. The molecule has 2 aromatic carbocycles. The number of carbonyl (C=O) groups is 2. The quantitative estimate of drug-likeness (QED) is 0.101. The third-order valence-corrected chi connectivity index (χ3v) is 7.30. The van der Waals surface area contributed by atoms with Crippen LogP contribution in [0.2, 0.25) is 0 Å². The van der Waals surface area contributed by atoms with E-state index in [0.29, 0.717) is 58.4 Å². The Morgan fingerprint density at radius 3 is 1.91 bits per heavy atom. The molecule has 4 rings (SSSR count). The Morgan fingerprint density at radius 1 is 0.636 bits per heavy atom. The standard InChI is InChI=1S/C34H44N6O4/c1-23-27(21-44-34-14-13-29(40-34)20-36-16-18-38-26(4)42)7-5-8-31(23)32-9-6-10-33(24(32)2)43-22-30-12-11-28(39-30)19-35-15-17-37-25(3)41/h5-14,35-36,39-40H,15-22H2,1-4H3,(H,37,41)(H,38,42). The van der Waals surface area contributed by atoms with Crippen molar-refractivity contribution in [2.75, 3.05) is 26.2 Å². The fourth-order valence-corrected chi connectivity index (χ4v) is 4.89. The molecule has 10 heteroatoms. The number of hydrogen-bond acceptors (Lipinski definition) is 6. The predicted molar refractivity (Wildman–Crippen MR) is 172 cm³/mol. The first-order chi connectivity index (χ1) is 21.3. The van der Waals surface area contributed by atoms with Gasteiger partial charge in [0.25, 0.3) is 0 Å². The van der Waals surface area contributed by atoms with Crippen LogP contribution in [-0.4, -0.2) is 48.0 Å². The minimum Gasteiger partial charge on any atom is -0.487 e. The van der Waals surface area contributed by atoms with E-state index in [2.05, 4.69) is 69.3 Å². The molecule has 0 fully saturated rings. The number of benzene rings is 2. The molecule has 10 nitrogen and oxygen atoms in total. The minimum atomic E-state index is -0.0259. The Morgan fingerprint density at radius 2 is 1.23 bits per heavy atom. The number of nitrogens with one attached hydrogen (secondary N) is 6. The van der Waals surface area contributed by atoms with E-state index in [1.807, 2.05) is 36.4 Å². The topological polar surface area (TPSA) is 132 Å². The molecule has 44 heavy (non-hydrogen) atoms. The SMILES string of the molecule is CC(=O)NCCNCc1ccc(COc2cccc(-c3cccc(COc4ccc(CNCCNC(C)=O)[nH]4)c3C)c2C)[nH]1. The number of aromatic nitrogens is 2. The lowest BCUT2D eigenvalue weighted by Crippen LogP contribution is -2.29. The Kier molecular flexibility index (Phi) is 12.0. The summed E-state index contributed by atoms with van der Waals surface area (Å²) in [5, 5.41) is 12.2. The van der Waals surface area contributed by atoms with E-state index in [1.54, 1.807) is 0 Å². The number of H-pyrrole nitrogens is 2. The van der Waals surface area contributed by atoms with Crippen molar-refractivity contribution >= 4 is 11.8 Å². The van der Waals surface area contributed by atoms with E-state index in [0.717, 1.165) is 45.1 Å². The summed E-state index contributed by atoms with van der Waals surface area (Å²) in [6.45, 7) is 12.1. The highest BCUT2D eigenvalue weighted by Crippen LogP contribution is 2.33. The molecular formula is C34H44N6O4. The highest BCUT2D eigenvalue weighted by Gasteiger charge is 2.13. The molecule has 6 N–H and O–H groups in total. The Hall–Kier alpha value is -4.54. The molecule has 2 amide bonds. The first kappa shape index (κ1) is 32.4. The van der Waals surface area contributed by atoms with Gasteiger partial charge >= 0.3 is 0 Å². The van der Waals surface area contributed by atoms with Crippen LogP contribution in [0, 0.1) is 13.8 Å². The van der Waals surface area contributed by atoms with E-state index >= 15 is 0 Å². The molecule has 0 aliphatic heterocycles. The summed E-state index contributed by atoms with van der Waals surface area (Å²) >= 11 is 0. The lowest BCUT2D eigenvalue weighted by Gasteiger charge is -2.16. The Labute approximate surface area is 259 Å². The van der Waals surface area contributed by atoms with Crippen molar-refractivity contribution in [2.24, 2.45) is 0 Å². The third kappa shape index (κ3) is 9.75. The van der Waals surface area contributed by atoms with E-state index in [4.69, 9.17) is 9.47 Å². The van der Waals surface area contributed by atoms with Gasteiger partial charge in [-0.1, -0.05) is 30.3 Å². The summed E-state index contributed by atoms with van der Waals surface area (Å²) < 4.78 is 12.3. The zero-order valence-corrected chi connectivity index (χ0v) is 26.1. The van der Waals surface area contributed by atoms with Crippen molar-refractivity contribution in [3.05, 3.63) is 94.4 Å². The van der Waals surface area contributed by atoms with Gasteiger partial charge in [0.1, 0.15) is 19.0 Å². The summed E-state index contributed by atoms with van der Waals surface area (Å²) in [5.74, 6) is 1.51. The number of ether oxygens (including phenoxy) is 2. The van der Waals surface area contributed by atoms with Gasteiger partial charge in [-0.2, -0.15) is 0 Å². The molecule has 0 spiro atoms. The summed E-state index contributed by atoms with van der Waals surface area (Å²) in [6.07, 6.45) is 0. The maximum atomic E-state index is 11.0. The Bertz CT molecular complexity index is 1410. The van der Waals surface area contributed by atoms with Gasteiger partial charge in [0.05, 0.1) is 5.69 Å². The molecule has 0 unspecified atom stereocenters. The molecule has 2 aromatic heterocycles. The highest BCUT2D eigenvalue weighted by atomic mass is 16.5. The normalized spacial score (nSPS) is 10.9. The number of amides is 2. The van der Waals surface area contributed by atoms with E-state index < -0.39 is 0 Å². The molecule has 0 saturated carbocycles. The first-order valence-electron chi connectivity index (χ1n) is 15.0. The lowest BCUT2D eigenvalue weighted by atomic mass is 9.93. The van der Waals surface area contributed by atoms with Gasteiger partial charge in [0, 0.05) is 64.5 Å². The summed E-state index contributed by atoms with van der Waals surface area (Å²) in [5.41, 5.74) is 8.73. The predicted octanol–water partition coefficient (Wildman–Crippen LogP) is 4.24. The average Bonchev–Trinajstić information content (AvgIpc) is 3.65. The van der Waals surface area contributed by atoms with E-state index in [-0.39, 0.29) is 11.8 Å². The van der Waals surface area contributed by atoms with E-state index in [9.17, 15) is 9.59 Å². The number of hydrogen-bond donors (Lipinski definition) is 6. The number of carbonyl (C=O) groups excluding carboxylic acids is 2. The molecule has 2 heterocycles. The molecule has 0 radical (unpaired) electrons. The number of aromatic amines is 2. The van der Waals surface area contributed by atoms with Crippen LogP contribution in [0.15, 0.2) is 60.7 Å². The maximum Gasteiger partial charge on any atom is 0.216 e. The maximum absolute atomic E-state index is 11.0. The molecule has 4 aromatic rings. The summed E-state index contributed by atoms with van der Waals surface area (Å²) in [7, 11) is 0. The van der Waals surface area contributed by atoms with Crippen LogP contribution in [-0.2, 0) is 35.9 Å². The van der Waals surface area contributed by atoms with Crippen molar-refractivity contribution in [2.45, 2.75) is 54.0 Å². The van der Waals surface area contributed by atoms with Crippen LogP contribution in [0.1, 0.15) is 47.6 Å². The van der Waals surface area contributed by atoms with Crippen LogP contribution in [0.3, 0.4) is 0 Å².